The third kappa shape index (κ3) is 5.21. The lowest BCUT2D eigenvalue weighted by atomic mass is 9.41. The van der Waals surface area contributed by atoms with E-state index in [0.29, 0.717) is 22.7 Å². The summed E-state index contributed by atoms with van der Waals surface area (Å²) in [5.74, 6) is 2.58. The summed E-state index contributed by atoms with van der Waals surface area (Å²) < 4.78 is 6.20. The molecule has 0 spiro atoms. The summed E-state index contributed by atoms with van der Waals surface area (Å²) in [4.78, 5) is 12.9. The molecular weight excluding hydrogens is 500 g/mol. The first-order valence-electron chi connectivity index (χ1n) is 16.6. The van der Waals surface area contributed by atoms with Gasteiger partial charge < -0.3 is 4.74 Å². The van der Waals surface area contributed by atoms with Crippen LogP contribution in [0.2, 0.25) is 0 Å². The fourth-order valence-electron chi connectivity index (χ4n) is 10.6. The van der Waals surface area contributed by atoms with E-state index in [2.05, 4.69) is 67.5 Å². The van der Waals surface area contributed by atoms with E-state index in [9.17, 15) is 4.79 Å². The summed E-state index contributed by atoms with van der Waals surface area (Å²) in [6.45, 7) is 19.7. The summed E-state index contributed by atoms with van der Waals surface area (Å²) in [5.41, 5.74) is 5.22. The maximum atomic E-state index is 12.9. The normalized spacial score (nSPS) is 38.3. The van der Waals surface area contributed by atoms with Gasteiger partial charge in [-0.25, -0.2) is 4.79 Å². The van der Waals surface area contributed by atoms with Crippen molar-refractivity contribution in [2.75, 3.05) is 0 Å². The average molecular weight is 557 g/mol. The molecule has 8 unspecified atom stereocenters. The molecule has 0 N–H and O–H groups in total. The van der Waals surface area contributed by atoms with Crippen molar-refractivity contribution in [1.82, 2.24) is 0 Å². The van der Waals surface area contributed by atoms with Crippen LogP contribution in [0, 0.1) is 45.3 Å². The highest BCUT2D eigenvalue weighted by Crippen LogP contribution is 2.73. The van der Waals surface area contributed by atoms with Crippen LogP contribution < -0.4 is 0 Å². The molecule has 0 bridgehead atoms. The first-order chi connectivity index (χ1) is 19.3. The zero-order chi connectivity index (χ0) is 29.6. The van der Waals surface area contributed by atoms with Gasteiger partial charge in [-0.3, -0.25) is 0 Å². The minimum atomic E-state index is -0.209. The lowest BCUT2D eigenvalue weighted by Gasteiger charge is -2.64. The monoisotopic (exact) mass is 556 g/mol. The molecule has 3 saturated carbocycles. The number of allylic oxidation sites excluding steroid dienone is 4. The number of hydrogen-bond donors (Lipinski definition) is 0. The smallest absolute Gasteiger partial charge is 0.331 e. The van der Waals surface area contributed by atoms with Crippen molar-refractivity contribution in [1.29, 1.82) is 0 Å². The highest BCUT2D eigenvalue weighted by atomic mass is 16.5. The fourth-order valence-corrected chi connectivity index (χ4v) is 10.6. The maximum Gasteiger partial charge on any atom is 0.331 e. The Morgan fingerprint density at radius 1 is 1.00 bits per heavy atom. The van der Waals surface area contributed by atoms with Gasteiger partial charge in [0.05, 0.1) is 0 Å². The van der Waals surface area contributed by atoms with E-state index in [4.69, 9.17) is 4.74 Å². The first-order valence-corrected chi connectivity index (χ1v) is 16.6. The topological polar surface area (TPSA) is 26.3 Å². The van der Waals surface area contributed by atoms with E-state index in [0.717, 1.165) is 36.7 Å². The van der Waals surface area contributed by atoms with Crippen molar-refractivity contribution in [2.24, 2.45) is 45.3 Å². The lowest BCUT2D eigenvalue weighted by Crippen LogP contribution is -2.58. The predicted molar refractivity (Wildman–Crippen MR) is 172 cm³/mol. The second kappa shape index (κ2) is 11.2. The van der Waals surface area contributed by atoms with E-state index in [1.807, 2.05) is 36.4 Å². The third-order valence-electron chi connectivity index (χ3n) is 13.2. The molecule has 0 heterocycles. The van der Waals surface area contributed by atoms with Gasteiger partial charge in [0.15, 0.2) is 0 Å². The molecule has 41 heavy (non-hydrogen) atoms. The molecule has 4 aliphatic carbocycles. The van der Waals surface area contributed by atoms with Crippen LogP contribution in [-0.2, 0) is 9.53 Å². The van der Waals surface area contributed by atoms with Crippen LogP contribution in [0.3, 0.4) is 0 Å². The first kappa shape index (κ1) is 30.4. The summed E-state index contributed by atoms with van der Waals surface area (Å²) in [6.07, 6.45) is 19.8. The van der Waals surface area contributed by atoms with Crippen LogP contribution in [0.4, 0.5) is 0 Å². The average Bonchev–Trinajstić information content (AvgIpc) is 3.21. The Kier molecular flexibility index (Phi) is 8.30. The van der Waals surface area contributed by atoms with Gasteiger partial charge in [0.2, 0.25) is 0 Å². The largest absolute Gasteiger partial charge is 0.459 e. The molecule has 4 aliphatic rings. The SMILES string of the molecule is CC(C)=CCCC(C)C1CCC2(C)C3=CCC4C(C)(C)C(OC(=O)/C=C/c5ccccc5)CCC4(C)C3CCC12C. The number of carbonyl (C=O) groups is 1. The van der Waals surface area contributed by atoms with Crippen molar-refractivity contribution in [3.8, 4) is 0 Å². The Balaban J connectivity index is 1.33. The van der Waals surface area contributed by atoms with Gasteiger partial charge in [0, 0.05) is 11.5 Å². The molecule has 1 aromatic rings. The minimum Gasteiger partial charge on any atom is -0.459 e. The molecule has 224 valence electrons. The quantitative estimate of drug-likeness (QED) is 0.190. The second-order valence-electron chi connectivity index (χ2n) is 15.8. The van der Waals surface area contributed by atoms with Crippen molar-refractivity contribution in [3.05, 3.63) is 65.3 Å². The van der Waals surface area contributed by atoms with Crippen molar-refractivity contribution < 1.29 is 9.53 Å². The zero-order valence-electron chi connectivity index (χ0n) is 27.3. The third-order valence-corrected chi connectivity index (χ3v) is 13.2. The van der Waals surface area contributed by atoms with E-state index >= 15 is 0 Å². The Morgan fingerprint density at radius 3 is 2.44 bits per heavy atom. The summed E-state index contributed by atoms with van der Waals surface area (Å²) >= 11 is 0. The fraction of sp³-hybridized carbons (Fsp3) is 0.667. The van der Waals surface area contributed by atoms with Crippen LogP contribution in [0.5, 0.6) is 0 Å². The standard InChI is InChI=1S/C39H56O2/c1-27(2)13-12-14-28(3)30-21-25-39(8)32-18-19-33-36(4,5)34(41-35(40)20-17-29-15-10-9-11-16-29)23-24-37(33,6)31(32)22-26-38(30,39)7/h9-11,13,15-18,20,28,30-31,33-34H,12,14,19,21-26H2,1-8H3/b20-17+. The van der Waals surface area contributed by atoms with Crippen LogP contribution in [0.15, 0.2) is 59.7 Å². The van der Waals surface area contributed by atoms with Gasteiger partial charge in [-0.2, -0.15) is 0 Å². The summed E-state index contributed by atoms with van der Waals surface area (Å²) in [5, 5.41) is 0. The summed E-state index contributed by atoms with van der Waals surface area (Å²) in [7, 11) is 0. The zero-order valence-corrected chi connectivity index (χ0v) is 27.3. The molecule has 1 aromatic carbocycles. The van der Waals surface area contributed by atoms with Crippen molar-refractivity contribution in [2.45, 2.75) is 119 Å². The van der Waals surface area contributed by atoms with E-state index in [1.54, 1.807) is 11.6 Å². The number of benzene rings is 1. The van der Waals surface area contributed by atoms with Gasteiger partial charge >= 0.3 is 5.97 Å². The predicted octanol–water partition coefficient (Wildman–Crippen LogP) is 10.6. The minimum absolute atomic E-state index is 0.0367. The van der Waals surface area contributed by atoms with Gasteiger partial charge in [-0.15, -0.1) is 0 Å². The van der Waals surface area contributed by atoms with Gasteiger partial charge in [-0.1, -0.05) is 95.2 Å². The number of rotatable bonds is 7. The van der Waals surface area contributed by atoms with E-state index in [-0.39, 0.29) is 22.9 Å². The Morgan fingerprint density at radius 2 is 1.73 bits per heavy atom. The highest BCUT2D eigenvalue weighted by Gasteiger charge is 2.65. The second-order valence-corrected chi connectivity index (χ2v) is 15.8. The number of esters is 1. The molecule has 8 atom stereocenters. The number of hydrogen-bond acceptors (Lipinski definition) is 2. The Hall–Kier alpha value is -2.09. The van der Waals surface area contributed by atoms with E-state index in [1.165, 1.54) is 44.1 Å². The van der Waals surface area contributed by atoms with Crippen molar-refractivity contribution in [3.63, 3.8) is 0 Å². The molecule has 0 radical (unpaired) electrons. The molecule has 2 nitrogen and oxygen atoms in total. The molecule has 0 aromatic heterocycles. The molecule has 2 heteroatoms. The van der Waals surface area contributed by atoms with Crippen LogP contribution in [-0.4, -0.2) is 12.1 Å². The van der Waals surface area contributed by atoms with Crippen LogP contribution in [0.25, 0.3) is 6.08 Å². The van der Waals surface area contributed by atoms with Gasteiger partial charge in [0.1, 0.15) is 6.10 Å². The Labute approximate surface area is 251 Å². The summed E-state index contributed by atoms with van der Waals surface area (Å²) in [6, 6.07) is 10.0. The molecule has 5 rings (SSSR count). The van der Waals surface area contributed by atoms with Gasteiger partial charge in [0.25, 0.3) is 0 Å². The molecule has 0 saturated heterocycles. The van der Waals surface area contributed by atoms with Crippen LogP contribution in [0.1, 0.15) is 119 Å². The molecule has 0 amide bonds. The molecule has 0 aliphatic heterocycles. The number of fused-ring (bicyclic) bond motifs is 5. The van der Waals surface area contributed by atoms with Crippen molar-refractivity contribution >= 4 is 12.0 Å². The number of ether oxygens (including phenoxy) is 1. The Bertz CT molecular complexity index is 1200. The molecule has 3 fully saturated rings. The maximum absolute atomic E-state index is 12.9. The lowest BCUT2D eigenvalue weighted by molar-refractivity contribution is -0.172. The van der Waals surface area contributed by atoms with Gasteiger partial charge in [-0.05, 0) is 123 Å². The molecular formula is C39H56O2. The van der Waals surface area contributed by atoms with Crippen LogP contribution >= 0.6 is 0 Å². The highest BCUT2D eigenvalue weighted by molar-refractivity contribution is 5.87. The van der Waals surface area contributed by atoms with E-state index < -0.39 is 0 Å². The number of carbonyl (C=O) groups excluding carboxylic acids is 1.